The predicted molar refractivity (Wildman–Crippen MR) is 143 cm³/mol. The summed E-state index contributed by atoms with van der Waals surface area (Å²) in [5.74, 6) is -0.319. The fourth-order valence-electron chi connectivity index (χ4n) is 7.45. The van der Waals surface area contributed by atoms with Gasteiger partial charge in [0.2, 0.25) is 0 Å². The number of piperidine rings is 2. The molecule has 6 rings (SSSR count). The van der Waals surface area contributed by atoms with Crippen molar-refractivity contribution in [3.05, 3.63) is 65.5 Å². The van der Waals surface area contributed by atoms with Crippen LogP contribution in [0.25, 0.3) is 0 Å². The van der Waals surface area contributed by atoms with E-state index in [4.69, 9.17) is 4.74 Å². The summed E-state index contributed by atoms with van der Waals surface area (Å²) in [4.78, 5) is 32.4. The summed E-state index contributed by atoms with van der Waals surface area (Å²) < 4.78 is 18.7. The Morgan fingerprint density at radius 2 is 1.68 bits per heavy atom. The summed E-state index contributed by atoms with van der Waals surface area (Å²) in [6.45, 7) is 5.53. The Bertz CT molecular complexity index is 1170. The number of likely N-dealkylation sites (tertiary alicyclic amines) is 1. The number of urea groups is 1. The molecule has 3 amide bonds. The Morgan fingerprint density at radius 3 is 2.37 bits per heavy atom. The topological polar surface area (TPSA) is 65.1 Å². The molecule has 3 fully saturated rings. The lowest BCUT2D eigenvalue weighted by atomic mass is 9.68. The second-order valence-corrected chi connectivity index (χ2v) is 11.4. The molecule has 1 N–H and O–H groups in total. The van der Waals surface area contributed by atoms with Crippen molar-refractivity contribution < 1.29 is 18.7 Å². The molecule has 2 aromatic rings. The Hall–Kier alpha value is -3.13. The Morgan fingerprint density at radius 1 is 1.00 bits per heavy atom. The minimum Gasteiger partial charge on any atom is -0.450 e. The predicted octanol–water partition coefficient (Wildman–Crippen LogP) is 5.36. The van der Waals surface area contributed by atoms with Crippen LogP contribution in [0.4, 0.5) is 19.7 Å². The molecule has 0 aliphatic carbocycles. The van der Waals surface area contributed by atoms with Gasteiger partial charge in [-0.05, 0) is 93.9 Å². The molecule has 2 unspecified atom stereocenters. The lowest BCUT2D eigenvalue weighted by Gasteiger charge is -2.51. The number of nitrogens with one attached hydrogen (secondary N) is 1. The molecule has 2 bridgehead atoms. The zero-order valence-corrected chi connectivity index (χ0v) is 22.1. The van der Waals surface area contributed by atoms with Gasteiger partial charge in [0, 0.05) is 42.3 Å². The summed E-state index contributed by atoms with van der Waals surface area (Å²) in [5.41, 5.74) is 3.11. The van der Waals surface area contributed by atoms with Gasteiger partial charge in [-0.3, -0.25) is 0 Å². The van der Waals surface area contributed by atoms with E-state index in [-0.39, 0.29) is 35.4 Å². The van der Waals surface area contributed by atoms with Crippen LogP contribution in [0.3, 0.4) is 0 Å². The van der Waals surface area contributed by atoms with E-state index in [9.17, 15) is 14.0 Å². The third-order valence-corrected chi connectivity index (χ3v) is 9.28. The summed E-state index contributed by atoms with van der Waals surface area (Å²) >= 11 is 0. The first-order valence-corrected chi connectivity index (χ1v) is 14.0. The lowest BCUT2D eigenvalue weighted by Crippen LogP contribution is -2.58. The average molecular weight is 521 g/mol. The fourth-order valence-corrected chi connectivity index (χ4v) is 7.45. The normalized spacial score (nSPS) is 26.2. The molecule has 2 aromatic carbocycles. The highest BCUT2D eigenvalue weighted by Crippen LogP contribution is 2.44. The first-order valence-electron chi connectivity index (χ1n) is 14.0. The largest absolute Gasteiger partial charge is 0.450 e. The van der Waals surface area contributed by atoms with E-state index < -0.39 is 0 Å². The van der Waals surface area contributed by atoms with Gasteiger partial charge in [0.15, 0.2) is 0 Å². The molecule has 0 radical (unpaired) electrons. The number of hydrogen-bond donors (Lipinski definition) is 1. The van der Waals surface area contributed by atoms with Crippen LogP contribution in [-0.4, -0.2) is 71.2 Å². The van der Waals surface area contributed by atoms with E-state index >= 15 is 0 Å². The summed E-state index contributed by atoms with van der Waals surface area (Å²) in [6, 6.07) is 15.4. The van der Waals surface area contributed by atoms with Crippen molar-refractivity contribution in [1.82, 2.24) is 14.7 Å². The maximum Gasteiger partial charge on any atom is 0.410 e. The molecule has 3 saturated heterocycles. The van der Waals surface area contributed by atoms with Crippen molar-refractivity contribution >= 4 is 17.8 Å². The van der Waals surface area contributed by atoms with Crippen LogP contribution in [0.1, 0.15) is 56.6 Å². The van der Waals surface area contributed by atoms with E-state index in [0.717, 1.165) is 51.6 Å². The van der Waals surface area contributed by atoms with Gasteiger partial charge >= 0.3 is 12.1 Å². The molecule has 8 heteroatoms. The van der Waals surface area contributed by atoms with Crippen molar-refractivity contribution in [1.29, 1.82) is 0 Å². The molecule has 1 spiro atoms. The Kier molecular flexibility index (Phi) is 6.76. The van der Waals surface area contributed by atoms with Crippen LogP contribution in [0.5, 0.6) is 0 Å². The number of fused-ring (bicyclic) bond motifs is 4. The number of amides is 3. The molecule has 2 atom stereocenters. The standard InChI is InChI=1S/C30H37FN4O3/c1-2-38-29(37)35-24-11-12-25(35)18-26(17-24)33-15-13-30(14-16-33)20-34(19-21-5-3-4-6-27(21)30)28(36)32-23-9-7-22(31)8-10-23/h3-10,24-26H,2,11-20H2,1H3,(H,32,36). The van der Waals surface area contributed by atoms with Crippen molar-refractivity contribution in [3.8, 4) is 0 Å². The van der Waals surface area contributed by atoms with Crippen LogP contribution in [0, 0.1) is 5.82 Å². The van der Waals surface area contributed by atoms with Crippen LogP contribution < -0.4 is 5.32 Å². The Labute approximate surface area is 223 Å². The lowest BCUT2D eigenvalue weighted by molar-refractivity contribution is 0.0223. The molecular formula is C30H37FN4O3. The van der Waals surface area contributed by atoms with Crippen molar-refractivity contribution in [2.24, 2.45) is 0 Å². The number of benzene rings is 2. The molecule has 4 aliphatic heterocycles. The molecule has 0 aromatic heterocycles. The minimum atomic E-state index is -0.319. The third-order valence-electron chi connectivity index (χ3n) is 9.28. The van der Waals surface area contributed by atoms with Gasteiger partial charge in [0.25, 0.3) is 0 Å². The number of carbonyl (C=O) groups excluding carboxylic acids is 2. The van der Waals surface area contributed by atoms with E-state index in [1.807, 2.05) is 16.7 Å². The number of hydrogen-bond acceptors (Lipinski definition) is 4. The average Bonchev–Trinajstić information content (AvgIpc) is 3.20. The molecular weight excluding hydrogens is 483 g/mol. The van der Waals surface area contributed by atoms with Gasteiger partial charge in [-0.1, -0.05) is 24.3 Å². The zero-order valence-electron chi connectivity index (χ0n) is 22.1. The fraction of sp³-hybridized carbons (Fsp3) is 0.533. The van der Waals surface area contributed by atoms with E-state index in [1.54, 1.807) is 12.1 Å². The quantitative estimate of drug-likeness (QED) is 0.592. The van der Waals surface area contributed by atoms with Gasteiger partial charge in [0.1, 0.15) is 5.82 Å². The van der Waals surface area contributed by atoms with Gasteiger partial charge in [-0.25, -0.2) is 14.0 Å². The molecule has 7 nitrogen and oxygen atoms in total. The second kappa shape index (κ2) is 10.2. The van der Waals surface area contributed by atoms with Gasteiger partial charge in [-0.2, -0.15) is 0 Å². The van der Waals surface area contributed by atoms with Gasteiger partial charge in [-0.15, -0.1) is 0 Å². The Balaban J connectivity index is 1.14. The van der Waals surface area contributed by atoms with Gasteiger partial charge < -0.3 is 24.8 Å². The summed E-state index contributed by atoms with van der Waals surface area (Å²) in [5, 5.41) is 2.96. The molecule has 0 saturated carbocycles. The molecule has 4 aliphatic rings. The van der Waals surface area contributed by atoms with Gasteiger partial charge in [0.05, 0.1) is 6.61 Å². The monoisotopic (exact) mass is 520 g/mol. The minimum absolute atomic E-state index is 0.0733. The highest BCUT2D eigenvalue weighted by molar-refractivity contribution is 5.89. The molecule has 202 valence electrons. The third kappa shape index (κ3) is 4.64. The van der Waals surface area contributed by atoms with Crippen molar-refractivity contribution in [2.75, 3.05) is 31.6 Å². The van der Waals surface area contributed by atoms with Crippen molar-refractivity contribution in [2.45, 2.75) is 75.5 Å². The molecule has 4 heterocycles. The number of anilines is 1. The number of rotatable bonds is 3. The first-order chi connectivity index (χ1) is 18.5. The van der Waals surface area contributed by atoms with E-state index in [0.29, 0.717) is 31.4 Å². The summed E-state index contributed by atoms with van der Waals surface area (Å²) in [7, 11) is 0. The number of halogens is 1. The van der Waals surface area contributed by atoms with Crippen LogP contribution >= 0.6 is 0 Å². The van der Waals surface area contributed by atoms with Crippen molar-refractivity contribution in [3.63, 3.8) is 0 Å². The van der Waals surface area contributed by atoms with E-state index in [2.05, 4.69) is 34.5 Å². The summed E-state index contributed by atoms with van der Waals surface area (Å²) in [6.07, 6.45) is 6.03. The van der Waals surface area contributed by atoms with Crippen LogP contribution in [0.15, 0.2) is 48.5 Å². The molecule has 38 heavy (non-hydrogen) atoms. The highest BCUT2D eigenvalue weighted by Gasteiger charge is 2.48. The maximum absolute atomic E-state index is 13.3. The zero-order chi connectivity index (χ0) is 26.3. The first kappa shape index (κ1) is 25.2. The number of carbonyl (C=O) groups is 2. The highest BCUT2D eigenvalue weighted by atomic mass is 19.1. The SMILES string of the molecule is CCOC(=O)N1C2CCC1CC(N1CCC3(CC1)CN(C(=O)Nc1ccc(F)cc1)Cc1ccccc13)C2. The second-order valence-electron chi connectivity index (χ2n) is 11.4. The van der Waals surface area contributed by atoms with E-state index in [1.165, 1.54) is 23.3 Å². The maximum atomic E-state index is 13.3. The number of nitrogens with zero attached hydrogens (tertiary/aromatic N) is 3. The smallest absolute Gasteiger partial charge is 0.410 e. The van der Waals surface area contributed by atoms with Crippen LogP contribution in [0.2, 0.25) is 0 Å². The van der Waals surface area contributed by atoms with Crippen LogP contribution in [-0.2, 0) is 16.7 Å². The number of ether oxygens (including phenoxy) is 1.